The van der Waals surface area contributed by atoms with Gasteiger partial charge in [0.25, 0.3) is 5.91 Å². The Balaban J connectivity index is 1.38. The van der Waals surface area contributed by atoms with Crippen LogP contribution in [0.15, 0.2) is 30.5 Å². The minimum Gasteiger partial charge on any atom is -0.336 e. The van der Waals surface area contributed by atoms with Crippen LogP contribution in [-0.2, 0) is 29.7 Å². The van der Waals surface area contributed by atoms with Gasteiger partial charge in [0.2, 0.25) is 11.8 Å². The Bertz CT molecular complexity index is 1390. The van der Waals surface area contributed by atoms with Crippen molar-refractivity contribution in [2.24, 2.45) is 7.05 Å². The maximum atomic E-state index is 15.9. The van der Waals surface area contributed by atoms with Crippen LogP contribution in [0.3, 0.4) is 0 Å². The highest BCUT2D eigenvalue weighted by Gasteiger charge is 2.40. The monoisotopic (exact) mass is 475 g/mol. The van der Waals surface area contributed by atoms with Gasteiger partial charge in [-0.25, -0.2) is 9.37 Å². The molecule has 3 aliphatic heterocycles. The highest BCUT2D eigenvalue weighted by Crippen LogP contribution is 2.35. The zero-order chi connectivity index (χ0) is 24.3. The third-order valence-electron chi connectivity index (χ3n) is 7.44. The Hall–Kier alpha value is -3.59. The van der Waals surface area contributed by atoms with Gasteiger partial charge >= 0.3 is 0 Å². The molecule has 35 heavy (non-hydrogen) atoms. The molecule has 3 aromatic rings. The van der Waals surface area contributed by atoms with Crippen molar-refractivity contribution in [3.8, 4) is 11.3 Å². The maximum Gasteiger partial charge on any atom is 0.255 e. The van der Waals surface area contributed by atoms with Crippen LogP contribution >= 0.6 is 0 Å². The predicted molar refractivity (Wildman–Crippen MR) is 127 cm³/mol. The molecular weight excluding hydrogens is 449 g/mol. The molecule has 8 nitrogen and oxygen atoms in total. The smallest absolute Gasteiger partial charge is 0.255 e. The number of aromatic nitrogens is 2. The van der Waals surface area contributed by atoms with E-state index in [2.05, 4.69) is 10.2 Å². The Labute approximate surface area is 201 Å². The van der Waals surface area contributed by atoms with Gasteiger partial charge in [0, 0.05) is 48.3 Å². The fourth-order valence-electron chi connectivity index (χ4n) is 5.55. The van der Waals surface area contributed by atoms with Crippen LogP contribution in [0.25, 0.3) is 22.3 Å². The summed E-state index contributed by atoms with van der Waals surface area (Å²) >= 11 is 0. The average molecular weight is 476 g/mol. The molecule has 1 unspecified atom stereocenters. The van der Waals surface area contributed by atoms with Crippen LogP contribution in [0.2, 0.25) is 0 Å². The van der Waals surface area contributed by atoms with Crippen LogP contribution in [-0.4, -0.2) is 56.2 Å². The number of fused-ring (bicyclic) bond motifs is 2. The number of likely N-dealkylation sites (tertiary alicyclic amines) is 1. The number of pyridine rings is 1. The van der Waals surface area contributed by atoms with Crippen molar-refractivity contribution < 1.29 is 18.8 Å². The topological polar surface area (TPSA) is 87.5 Å². The molecule has 1 aromatic carbocycles. The Morgan fingerprint density at radius 3 is 2.66 bits per heavy atom. The van der Waals surface area contributed by atoms with E-state index < -0.39 is 17.8 Å². The summed E-state index contributed by atoms with van der Waals surface area (Å²) in [7, 11) is 1.92. The Kier molecular flexibility index (Phi) is 5.17. The van der Waals surface area contributed by atoms with Gasteiger partial charge in [0.15, 0.2) is 0 Å². The second-order valence-corrected chi connectivity index (χ2v) is 9.67. The van der Waals surface area contributed by atoms with Crippen molar-refractivity contribution in [1.29, 1.82) is 0 Å². The summed E-state index contributed by atoms with van der Waals surface area (Å²) in [6.07, 6.45) is 4.74. The molecule has 6 rings (SSSR count). The highest BCUT2D eigenvalue weighted by molar-refractivity contribution is 6.05. The summed E-state index contributed by atoms with van der Waals surface area (Å²) in [6, 6.07) is 6.46. The molecular formula is C26H26FN5O3. The lowest BCUT2D eigenvalue weighted by atomic mass is 10.0. The molecule has 180 valence electrons. The number of rotatable bonds is 4. The summed E-state index contributed by atoms with van der Waals surface area (Å²) in [6.45, 7) is 2.88. The van der Waals surface area contributed by atoms with Crippen LogP contribution < -0.4 is 5.32 Å². The van der Waals surface area contributed by atoms with E-state index in [-0.39, 0.29) is 42.3 Å². The zero-order valence-corrected chi connectivity index (χ0v) is 19.5. The minimum absolute atomic E-state index is 0.00679. The van der Waals surface area contributed by atoms with Gasteiger partial charge in [-0.05, 0) is 62.2 Å². The molecule has 0 spiro atoms. The number of nitrogens with zero attached hydrogens (tertiary/aromatic N) is 4. The van der Waals surface area contributed by atoms with Crippen LogP contribution in [0.1, 0.15) is 47.2 Å². The van der Waals surface area contributed by atoms with E-state index >= 15 is 4.39 Å². The largest absolute Gasteiger partial charge is 0.336 e. The quantitative estimate of drug-likeness (QED) is 0.587. The molecule has 1 N–H and O–H groups in total. The third kappa shape index (κ3) is 3.61. The lowest BCUT2D eigenvalue weighted by Crippen LogP contribution is -2.52. The normalized spacial score (nSPS) is 20.7. The van der Waals surface area contributed by atoms with Crippen LogP contribution in [0.4, 0.5) is 4.39 Å². The average Bonchev–Trinajstić information content (AvgIpc) is 3.55. The summed E-state index contributed by atoms with van der Waals surface area (Å²) in [4.78, 5) is 45.4. The van der Waals surface area contributed by atoms with Crippen molar-refractivity contribution in [1.82, 2.24) is 24.7 Å². The predicted octanol–water partition coefficient (Wildman–Crippen LogP) is 2.74. The van der Waals surface area contributed by atoms with Crippen molar-refractivity contribution >= 4 is 28.8 Å². The Morgan fingerprint density at radius 2 is 1.89 bits per heavy atom. The number of imide groups is 1. The van der Waals surface area contributed by atoms with Gasteiger partial charge in [-0.15, -0.1) is 0 Å². The molecule has 3 amide bonds. The molecule has 9 heteroatoms. The number of piperidine rings is 1. The SMILES string of the molecule is Cn1ccc2c(CN3CCCC3)cc(-c3ccc4c(c3F)CN(C3CCC(=O)NC3=O)C4=O)nc21. The molecule has 3 aliphatic rings. The van der Waals surface area contributed by atoms with Crippen molar-refractivity contribution in [3.63, 3.8) is 0 Å². The molecule has 5 heterocycles. The molecule has 0 saturated carbocycles. The van der Waals surface area contributed by atoms with Gasteiger partial charge in [0.05, 0.1) is 12.2 Å². The van der Waals surface area contributed by atoms with E-state index in [9.17, 15) is 14.4 Å². The first-order chi connectivity index (χ1) is 16.9. The molecule has 2 saturated heterocycles. The molecule has 0 radical (unpaired) electrons. The van der Waals surface area contributed by atoms with E-state index in [1.54, 1.807) is 12.1 Å². The Morgan fingerprint density at radius 1 is 1.11 bits per heavy atom. The summed E-state index contributed by atoms with van der Waals surface area (Å²) in [5.74, 6) is -1.74. The van der Waals surface area contributed by atoms with E-state index in [4.69, 9.17) is 4.98 Å². The number of hydrogen-bond acceptors (Lipinski definition) is 5. The standard InChI is InChI=1S/C26H26FN5O3/c1-30-11-8-16-15(13-31-9-2-3-10-31)12-20(28-24(16)30)18-5-4-17-19(23(18)27)14-32(26(17)35)21-6-7-22(33)29-25(21)34/h4-5,8,11-12,21H,2-3,6-7,9-10,13-14H2,1H3,(H,29,33,34). The summed E-state index contributed by atoms with van der Waals surface area (Å²) in [5, 5.41) is 3.34. The second-order valence-electron chi connectivity index (χ2n) is 9.67. The van der Waals surface area contributed by atoms with Gasteiger partial charge < -0.3 is 9.47 Å². The fraction of sp³-hybridized carbons (Fsp3) is 0.385. The van der Waals surface area contributed by atoms with Gasteiger partial charge in [-0.3, -0.25) is 24.6 Å². The lowest BCUT2D eigenvalue weighted by molar-refractivity contribution is -0.136. The fourth-order valence-corrected chi connectivity index (χ4v) is 5.55. The number of carbonyl (C=O) groups is 3. The minimum atomic E-state index is -0.777. The number of nitrogens with one attached hydrogen (secondary N) is 1. The van der Waals surface area contributed by atoms with Gasteiger partial charge in [-0.2, -0.15) is 0 Å². The van der Waals surface area contributed by atoms with Crippen molar-refractivity contribution in [2.75, 3.05) is 13.1 Å². The molecule has 0 aliphatic carbocycles. The zero-order valence-electron chi connectivity index (χ0n) is 19.5. The molecule has 0 bridgehead atoms. The molecule has 1 atom stereocenters. The molecule has 2 aromatic heterocycles. The van der Waals surface area contributed by atoms with Gasteiger partial charge in [-0.1, -0.05) is 0 Å². The first-order valence-corrected chi connectivity index (χ1v) is 12.0. The van der Waals surface area contributed by atoms with Crippen molar-refractivity contribution in [3.05, 3.63) is 53.0 Å². The number of carbonyl (C=O) groups excluding carboxylic acids is 3. The lowest BCUT2D eigenvalue weighted by Gasteiger charge is -2.29. The third-order valence-corrected chi connectivity index (χ3v) is 7.44. The van der Waals surface area contributed by atoms with E-state index in [0.29, 0.717) is 11.3 Å². The summed E-state index contributed by atoms with van der Waals surface area (Å²) in [5.41, 5.74) is 3.29. The van der Waals surface area contributed by atoms with E-state index in [0.717, 1.165) is 36.2 Å². The number of halogens is 1. The maximum absolute atomic E-state index is 15.9. The van der Waals surface area contributed by atoms with E-state index in [1.165, 1.54) is 17.7 Å². The van der Waals surface area contributed by atoms with Crippen LogP contribution in [0, 0.1) is 5.82 Å². The second kappa shape index (κ2) is 8.27. The number of aryl methyl sites for hydroxylation is 1. The number of amides is 3. The first kappa shape index (κ1) is 21.9. The van der Waals surface area contributed by atoms with Crippen LogP contribution in [0.5, 0.6) is 0 Å². The number of hydrogen-bond donors (Lipinski definition) is 1. The number of benzene rings is 1. The van der Waals surface area contributed by atoms with Crippen molar-refractivity contribution in [2.45, 2.75) is 44.8 Å². The first-order valence-electron chi connectivity index (χ1n) is 12.0. The highest BCUT2D eigenvalue weighted by atomic mass is 19.1. The summed E-state index contributed by atoms with van der Waals surface area (Å²) < 4.78 is 17.8. The molecule has 2 fully saturated rings. The van der Waals surface area contributed by atoms with Gasteiger partial charge in [0.1, 0.15) is 17.5 Å². The van der Waals surface area contributed by atoms with E-state index in [1.807, 2.05) is 29.9 Å².